The van der Waals surface area contributed by atoms with Crippen molar-refractivity contribution in [1.82, 2.24) is 19.9 Å². The van der Waals surface area contributed by atoms with E-state index < -0.39 is 11.2 Å². The molecule has 9 heteroatoms. The fourth-order valence-electron chi connectivity index (χ4n) is 1.76. The number of halogens is 3. The largest absolute Gasteiger partial charge is 0.443 e. The second-order valence-electron chi connectivity index (χ2n) is 4.46. The second-order valence-corrected chi connectivity index (χ2v) is 6.31. The van der Waals surface area contributed by atoms with E-state index in [0.717, 1.165) is 10.6 Å². The van der Waals surface area contributed by atoms with Gasteiger partial charge in [0, 0.05) is 11.1 Å². The minimum Gasteiger partial charge on any atom is -0.308 e. The lowest BCUT2D eigenvalue weighted by Crippen LogP contribution is -2.17. The van der Waals surface area contributed by atoms with Crippen molar-refractivity contribution >= 4 is 22.9 Å². The molecule has 4 nitrogen and oxygen atoms in total. The Morgan fingerprint density at radius 1 is 1.30 bits per heavy atom. The van der Waals surface area contributed by atoms with Gasteiger partial charge in [-0.25, -0.2) is 4.98 Å². The first-order valence-electron chi connectivity index (χ1n) is 5.87. The minimum absolute atomic E-state index is 0.162. The molecule has 0 aliphatic carbocycles. The van der Waals surface area contributed by atoms with E-state index in [1.165, 1.54) is 17.7 Å². The fraction of sp³-hybridized carbons (Fsp3) is 0.545. The summed E-state index contributed by atoms with van der Waals surface area (Å²) < 4.78 is 41.8. The number of nitrogens with zero attached hydrogens (tertiary/aromatic N) is 3. The Hall–Kier alpha value is -1.06. The smallest absolute Gasteiger partial charge is 0.308 e. The summed E-state index contributed by atoms with van der Waals surface area (Å²) in [5, 5.41) is 6.23. The number of hydrogen-bond acceptors (Lipinski definition) is 6. The van der Waals surface area contributed by atoms with E-state index in [9.17, 15) is 13.2 Å². The molecule has 0 saturated heterocycles. The molecule has 2 heterocycles. The normalized spacial score (nSPS) is 13.9. The summed E-state index contributed by atoms with van der Waals surface area (Å²) in [4.78, 5) is 4.80. The molecular weight excluding hydrogens is 309 g/mol. The van der Waals surface area contributed by atoms with Gasteiger partial charge in [-0.1, -0.05) is 18.3 Å². The molecule has 0 saturated carbocycles. The summed E-state index contributed by atoms with van der Waals surface area (Å²) in [6, 6.07) is -0.360. The Bertz CT molecular complexity index is 576. The van der Waals surface area contributed by atoms with Crippen LogP contribution in [0, 0.1) is 0 Å². The monoisotopic (exact) mass is 322 g/mol. The molecule has 2 aromatic heterocycles. The number of hydrogen-bond donors (Lipinski definition) is 1. The molecule has 2 aromatic rings. The number of thiazole rings is 1. The van der Waals surface area contributed by atoms with Crippen LogP contribution in [-0.2, 0) is 6.18 Å². The van der Waals surface area contributed by atoms with Crippen molar-refractivity contribution in [2.45, 2.75) is 32.0 Å². The Morgan fingerprint density at radius 2 is 2.00 bits per heavy atom. The molecule has 0 aliphatic heterocycles. The predicted octanol–water partition coefficient (Wildman–Crippen LogP) is 3.45. The van der Waals surface area contributed by atoms with E-state index in [0.29, 0.717) is 16.2 Å². The number of aromatic nitrogens is 3. The van der Waals surface area contributed by atoms with E-state index in [-0.39, 0.29) is 12.0 Å². The SMILES string of the molecule is CNC(c1cnc(C(F)(F)F)s1)c1snnc1C(C)C. The van der Waals surface area contributed by atoms with Crippen molar-refractivity contribution in [3.05, 3.63) is 26.7 Å². The highest BCUT2D eigenvalue weighted by molar-refractivity contribution is 7.12. The van der Waals surface area contributed by atoms with Crippen molar-refractivity contribution in [2.24, 2.45) is 0 Å². The lowest BCUT2D eigenvalue weighted by molar-refractivity contribution is -0.137. The van der Waals surface area contributed by atoms with E-state index >= 15 is 0 Å². The fourth-order valence-corrected chi connectivity index (χ4v) is 3.67. The summed E-state index contributed by atoms with van der Waals surface area (Å²) in [6.45, 7) is 3.95. The molecule has 110 valence electrons. The Kier molecular flexibility index (Phi) is 4.40. The first-order valence-corrected chi connectivity index (χ1v) is 7.46. The maximum Gasteiger partial charge on any atom is 0.443 e. The zero-order valence-corrected chi connectivity index (χ0v) is 12.7. The molecule has 1 unspecified atom stereocenters. The highest BCUT2D eigenvalue weighted by Crippen LogP contribution is 2.37. The van der Waals surface area contributed by atoms with E-state index in [1.54, 1.807) is 7.05 Å². The van der Waals surface area contributed by atoms with Gasteiger partial charge in [0.25, 0.3) is 0 Å². The zero-order valence-electron chi connectivity index (χ0n) is 11.0. The molecule has 2 rings (SSSR count). The van der Waals surface area contributed by atoms with Gasteiger partial charge in [0.15, 0.2) is 5.01 Å². The Balaban J connectivity index is 2.38. The quantitative estimate of drug-likeness (QED) is 0.937. The van der Waals surface area contributed by atoms with Crippen LogP contribution in [0.2, 0.25) is 0 Å². The van der Waals surface area contributed by atoms with Crippen LogP contribution in [-0.4, -0.2) is 21.6 Å². The van der Waals surface area contributed by atoms with Gasteiger partial charge in [0.05, 0.1) is 16.6 Å². The van der Waals surface area contributed by atoms with Crippen molar-refractivity contribution in [1.29, 1.82) is 0 Å². The summed E-state index contributed by atoms with van der Waals surface area (Å²) in [7, 11) is 1.70. The summed E-state index contributed by atoms with van der Waals surface area (Å²) >= 11 is 1.84. The zero-order chi connectivity index (χ0) is 14.9. The Labute approximate surface area is 122 Å². The molecule has 0 bridgehead atoms. The summed E-state index contributed by atoms with van der Waals surface area (Å²) in [5.41, 5.74) is 0.802. The standard InChI is InChI=1S/C11H13F3N4S2/c1-5(2)7-9(20-18-17-7)8(15-3)6-4-16-10(19-6)11(12,13)14/h4-5,8,15H,1-3H3. The average Bonchev–Trinajstić information content (AvgIpc) is 2.97. The maximum absolute atomic E-state index is 12.6. The highest BCUT2D eigenvalue weighted by Gasteiger charge is 2.35. The molecule has 0 aliphatic rings. The van der Waals surface area contributed by atoms with Crippen molar-refractivity contribution in [2.75, 3.05) is 7.05 Å². The molecule has 0 amide bonds. The molecule has 0 spiro atoms. The number of nitrogens with one attached hydrogen (secondary N) is 1. The highest BCUT2D eigenvalue weighted by atomic mass is 32.1. The van der Waals surface area contributed by atoms with Gasteiger partial charge in [-0.15, -0.1) is 16.4 Å². The second kappa shape index (κ2) is 5.74. The first kappa shape index (κ1) is 15.3. The van der Waals surface area contributed by atoms with Gasteiger partial charge in [0.2, 0.25) is 0 Å². The third kappa shape index (κ3) is 2.99. The average molecular weight is 322 g/mol. The van der Waals surface area contributed by atoms with Crippen LogP contribution in [0.1, 0.15) is 46.3 Å². The summed E-state index contributed by atoms with van der Waals surface area (Å²) in [5.74, 6) is 0.162. The lowest BCUT2D eigenvalue weighted by atomic mass is 10.1. The van der Waals surface area contributed by atoms with Gasteiger partial charge >= 0.3 is 6.18 Å². The molecule has 20 heavy (non-hydrogen) atoms. The molecule has 0 fully saturated rings. The van der Waals surface area contributed by atoms with Gasteiger partial charge in [-0.05, 0) is 24.5 Å². The van der Waals surface area contributed by atoms with Crippen LogP contribution >= 0.6 is 22.9 Å². The van der Waals surface area contributed by atoms with Gasteiger partial charge in [-0.2, -0.15) is 13.2 Å². The topological polar surface area (TPSA) is 50.7 Å². The lowest BCUT2D eigenvalue weighted by Gasteiger charge is -2.14. The van der Waals surface area contributed by atoms with E-state index in [2.05, 4.69) is 19.9 Å². The molecule has 1 N–H and O–H groups in total. The van der Waals surface area contributed by atoms with Gasteiger partial charge in [-0.3, -0.25) is 0 Å². The summed E-state index contributed by atoms with van der Waals surface area (Å²) in [6.07, 6.45) is -3.15. The van der Waals surface area contributed by atoms with E-state index in [1.807, 2.05) is 13.8 Å². The predicted molar refractivity (Wildman–Crippen MR) is 72.0 cm³/mol. The third-order valence-corrected chi connectivity index (χ3v) is 4.60. The number of alkyl halides is 3. The first-order chi connectivity index (χ1) is 9.34. The van der Waals surface area contributed by atoms with Crippen LogP contribution < -0.4 is 5.32 Å². The minimum atomic E-state index is -4.41. The number of rotatable bonds is 4. The van der Waals surface area contributed by atoms with Crippen LogP contribution in [0.15, 0.2) is 6.20 Å². The van der Waals surface area contributed by atoms with Gasteiger partial charge < -0.3 is 5.32 Å². The molecular formula is C11H13F3N4S2. The molecule has 0 radical (unpaired) electrons. The van der Waals surface area contributed by atoms with Crippen LogP contribution in [0.4, 0.5) is 13.2 Å². The van der Waals surface area contributed by atoms with Crippen molar-refractivity contribution < 1.29 is 13.2 Å². The maximum atomic E-state index is 12.6. The van der Waals surface area contributed by atoms with Crippen molar-refractivity contribution in [3.63, 3.8) is 0 Å². The van der Waals surface area contributed by atoms with E-state index in [4.69, 9.17) is 0 Å². The Morgan fingerprint density at radius 3 is 2.50 bits per heavy atom. The third-order valence-electron chi connectivity index (χ3n) is 2.69. The van der Waals surface area contributed by atoms with Gasteiger partial charge in [0.1, 0.15) is 0 Å². The van der Waals surface area contributed by atoms with Crippen LogP contribution in [0.25, 0.3) is 0 Å². The van der Waals surface area contributed by atoms with Crippen LogP contribution in [0.3, 0.4) is 0 Å². The van der Waals surface area contributed by atoms with Crippen LogP contribution in [0.5, 0.6) is 0 Å². The van der Waals surface area contributed by atoms with Crippen molar-refractivity contribution in [3.8, 4) is 0 Å². The molecule has 1 atom stereocenters. The molecule has 0 aromatic carbocycles.